The van der Waals surface area contributed by atoms with E-state index in [1.165, 1.54) is 4.80 Å². The van der Waals surface area contributed by atoms with Crippen LogP contribution in [0.3, 0.4) is 0 Å². The van der Waals surface area contributed by atoms with Gasteiger partial charge in [0.05, 0.1) is 0 Å². The predicted molar refractivity (Wildman–Crippen MR) is 97.6 cm³/mol. The first-order valence-electron chi connectivity index (χ1n) is 8.81. The third-order valence-corrected chi connectivity index (χ3v) is 4.63. The molecular formula is C18H28N6O. The van der Waals surface area contributed by atoms with E-state index in [0.717, 1.165) is 18.4 Å². The smallest absolute Gasteiger partial charge is 0.247 e. The van der Waals surface area contributed by atoms with Gasteiger partial charge in [0.2, 0.25) is 11.7 Å². The molecule has 1 unspecified atom stereocenters. The fraction of sp³-hybridized carbons (Fsp3) is 0.556. The van der Waals surface area contributed by atoms with E-state index in [1.807, 2.05) is 58.0 Å². The monoisotopic (exact) mass is 344 g/mol. The molecule has 2 aromatic rings. The largest absolute Gasteiger partial charge is 0.352 e. The molecule has 3 N–H and O–H groups in total. The number of amides is 1. The van der Waals surface area contributed by atoms with Crippen LogP contribution in [0.2, 0.25) is 0 Å². The van der Waals surface area contributed by atoms with Gasteiger partial charge in [-0.15, -0.1) is 10.2 Å². The van der Waals surface area contributed by atoms with E-state index in [4.69, 9.17) is 5.73 Å². The summed E-state index contributed by atoms with van der Waals surface area (Å²) < 4.78 is 0. The van der Waals surface area contributed by atoms with E-state index in [0.29, 0.717) is 12.4 Å². The van der Waals surface area contributed by atoms with Crippen LogP contribution >= 0.6 is 0 Å². The molecule has 7 heteroatoms. The molecule has 1 heterocycles. The zero-order valence-electron chi connectivity index (χ0n) is 15.4. The minimum atomic E-state index is -0.525. The van der Waals surface area contributed by atoms with Crippen LogP contribution in [-0.4, -0.2) is 38.2 Å². The average molecular weight is 344 g/mol. The highest BCUT2D eigenvalue weighted by molar-refractivity contribution is 5.80. The van der Waals surface area contributed by atoms with Gasteiger partial charge in [-0.1, -0.05) is 58.0 Å². The number of nitrogens with one attached hydrogen (secondary N) is 1. The molecule has 0 fully saturated rings. The van der Waals surface area contributed by atoms with Crippen molar-refractivity contribution < 1.29 is 4.79 Å². The minimum Gasteiger partial charge on any atom is -0.352 e. The van der Waals surface area contributed by atoms with Crippen LogP contribution in [0, 0.1) is 5.92 Å². The standard InChI is InChI=1S/C18H28N6O/c1-5-18(19,6-2)12-20-17(25)15(13(3)4)24-22-16(21-23-24)14-10-8-7-9-11-14/h7-11,13,15H,5-6,12,19H2,1-4H3,(H,20,25). The van der Waals surface area contributed by atoms with E-state index < -0.39 is 6.04 Å². The molecule has 7 nitrogen and oxygen atoms in total. The Morgan fingerprint density at radius 3 is 2.44 bits per heavy atom. The van der Waals surface area contributed by atoms with Gasteiger partial charge in [-0.05, 0) is 24.0 Å². The van der Waals surface area contributed by atoms with Crippen molar-refractivity contribution in [3.63, 3.8) is 0 Å². The van der Waals surface area contributed by atoms with Crippen molar-refractivity contribution in [3.8, 4) is 11.4 Å². The number of aromatic nitrogens is 4. The summed E-state index contributed by atoms with van der Waals surface area (Å²) in [6.07, 6.45) is 1.60. The van der Waals surface area contributed by atoms with Crippen molar-refractivity contribution in [3.05, 3.63) is 30.3 Å². The van der Waals surface area contributed by atoms with Crippen LogP contribution in [0.4, 0.5) is 0 Å². The number of tetrazole rings is 1. The van der Waals surface area contributed by atoms with E-state index in [-0.39, 0.29) is 17.4 Å². The molecule has 0 aliphatic carbocycles. The molecule has 1 aromatic heterocycles. The van der Waals surface area contributed by atoms with E-state index in [9.17, 15) is 4.79 Å². The van der Waals surface area contributed by atoms with Gasteiger partial charge in [0.15, 0.2) is 6.04 Å². The van der Waals surface area contributed by atoms with Gasteiger partial charge in [0.25, 0.3) is 0 Å². The van der Waals surface area contributed by atoms with Crippen molar-refractivity contribution in [2.24, 2.45) is 11.7 Å². The molecule has 0 bridgehead atoms. The molecule has 0 saturated carbocycles. The van der Waals surface area contributed by atoms with Gasteiger partial charge < -0.3 is 11.1 Å². The van der Waals surface area contributed by atoms with Gasteiger partial charge in [-0.25, -0.2) is 0 Å². The molecule has 0 aliphatic rings. The van der Waals surface area contributed by atoms with Crippen LogP contribution < -0.4 is 11.1 Å². The maximum Gasteiger partial charge on any atom is 0.247 e. The Labute approximate surface area is 149 Å². The topological polar surface area (TPSA) is 98.7 Å². The lowest BCUT2D eigenvalue weighted by molar-refractivity contribution is -0.126. The van der Waals surface area contributed by atoms with Crippen molar-refractivity contribution in [2.75, 3.05) is 6.54 Å². The Morgan fingerprint density at radius 1 is 1.24 bits per heavy atom. The minimum absolute atomic E-state index is 0.0215. The quantitative estimate of drug-likeness (QED) is 0.764. The number of hydrogen-bond donors (Lipinski definition) is 2. The number of nitrogens with two attached hydrogens (primary N) is 1. The fourth-order valence-electron chi connectivity index (χ4n) is 2.59. The second kappa shape index (κ2) is 8.20. The van der Waals surface area contributed by atoms with E-state index >= 15 is 0 Å². The fourth-order valence-corrected chi connectivity index (χ4v) is 2.59. The first kappa shape index (κ1) is 19.1. The predicted octanol–water partition coefficient (Wildman–Crippen LogP) is 2.17. The average Bonchev–Trinajstić information content (AvgIpc) is 3.09. The van der Waals surface area contributed by atoms with Crippen molar-refractivity contribution >= 4 is 5.91 Å². The van der Waals surface area contributed by atoms with Crippen LogP contribution in [0.25, 0.3) is 11.4 Å². The molecule has 136 valence electrons. The molecule has 0 spiro atoms. The second-order valence-electron chi connectivity index (χ2n) is 6.78. The Kier molecular flexibility index (Phi) is 6.25. The molecule has 2 rings (SSSR count). The number of hydrogen-bond acceptors (Lipinski definition) is 5. The molecule has 1 atom stereocenters. The maximum absolute atomic E-state index is 12.7. The highest BCUT2D eigenvalue weighted by Gasteiger charge is 2.29. The van der Waals surface area contributed by atoms with Crippen molar-refractivity contribution in [1.82, 2.24) is 25.5 Å². The maximum atomic E-state index is 12.7. The molecular weight excluding hydrogens is 316 g/mol. The summed E-state index contributed by atoms with van der Waals surface area (Å²) in [5.74, 6) is 0.395. The van der Waals surface area contributed by atoms with E-state index in [2.05, 4.69) is 20.7 Å². The molecule has 25 heavy (non-hydrogen) atoms. The summed E-state index contributed by atoms with van der Waals surface area (Å²) in [5, 5.41) is 15.6. The Bertz CT molecular complexity index is 678. The zero-order chi connectivity index (χ0) is 18.4. The number of nitrogens with zero attached hydrogens (tertiary/aromatic N) is 4. The second-order valence-corrected chi connectivity index (χ2v) is 6.78. The van der Waals surface area contributed by atoms with Crippen LogP contribution in [-0.2, 0) is 4.79 Å². The highest BCUT2D eigenvalue weighted by Crippen LogP contribution is 2.19. The number of carbonyl (C=O) groups excluding carboxylic acids is 1. The lowest BCUT2D eigenvalue weighted by atomic mass is 9.94. The Balaban J connectivity index is 2.16. The first-order chi connectivity index (χ1) is 11.9. The van der Waals surface area contributed by atoms with Gasteiger partial charge in [0.1, 0.15) is 0 Å². The molecule has 0 aliphatic heterocycles. The van der Waals surface area contributed by atoms with Gasteiger partial charge in [0, 0.05) is 17.6 Å². The number of benzene rings is 1. The Hall–Kier alpha value is -2.28. The molecule has 1 aromatic carbocycles. The lowest BCUT2D eigenvalue weighted by Crippen LogP contribution is -2.51. The molecule has 0 radical (unpaired) electrons. The van der Waals surface area contributed by atoms with Crippen LogP contribution in [0.5, 0.6) is 0 Å². The number of rotatable bonds is 8. The number of carbonyl (C=O) groups is 1. The summed E-state index contributed by atoms with van der Waals surface area (Å²) >= 11 is 0. The highest BCUT2D eigenvalue weighted by atomic mass is 16.2. The van der Waals surface area contributed by atoms with Gasteiger partial charge in [-0.2, -0.15) is 4.80 Å². The summed E-state index contributed by atoms with van der Waals surface area (Å²) in [7, 11) is 0. The van der Waals surface area contributed by atoms with E-state index in [1.54, 1.807) is 0 Å². The molecule has 0 saturated heterocycles. The third kappa shape index (κ3) is 4.63. The normalized spacial score (nSPS) is 13.0. The lowest BCUT2D eigenvalue weighted by Gasteiger charge is -2.28. The van der Waals surface area contributed by atoms with Crippen LogP contribution in [0.1, 0.15) is 46.6 Å². The summed E-state index contributed by atoms with van der Waals surface area (Å²) in [6, 6.07) is 9.06. The zero-order valence-corrected chi connectivity index (χ0v) is 15.4. The van der Waals surface area contributed by atoms with Gasteiger partial charge in [-0.3, -0.25) is 4.79 Å². The van der Waals surface area contributed by atoms with Crippen LogP contribution in [0.15, 0.2) is 30.3 Å². The summed E-state index contributed by atoms with van der Waals surface area (Å²) in [4.78, 5) is 14.1. The first-order valence-corrected chi connectivity index (χ1v) is 8.81. The summed E-state index contributed by atoms with van der Waals surface area (Å²) in [6.45, 7) is 8.42. The SMILES string of the molecule is CCC(N)(CC)CNC(=O)C(C(C)C)n1nnc(-c2ccccc2)n1. The molecule has 1 amide bonds. The van der Waals surface area contributed by atoms with Crippen molar-refractivity contribution in [2.45, 2.75) is 52.1 Å². The van der Waals surface area contributed by atoms with Crippen molar-refractivity contribution in [1.29, 1.82) is 0 Å². The summed E-state index contributed by atoms with van der Waals surface area (Å²) in [5.41, 5.74) is 6.76. The van der Waals surface area contributed by atoms with Gasteiger partial charge >= 0.3 is 0 Å². The third-order valence-electron chi connectivity index (χ3n) is 4.63. The Morgan fingerprint density at radius 2 is 1.88 bits per heavy atom.